The first-order valence-electron chi connectivity index (χ1n) is 6.21. The molecule has 0 unspecified atom stereocenters. The summed E-state index contributed by atoms with van der Waals surface area (Å²) >= 11 is 0. The molecular weight excluding hydrogens is 284 g/mol. The van der Waals surface area contributed by atoms with E-state index >= 15 is 0 Å². The molecule has 2 aliphatic rings. The summed E-state index contributed by atoms with van der Waals surface area (Å²) in [6, 6.07) is 3.63. The van der Waals surface area contributed by atoms with E-state index < -0.39 is 22.0 Å². The third-order valence-corrected chi connectivity index (χ3v) is 5.39. The zero-order valence-electron chi connectivity index (χ0n) is 10.6. The number of benzene rings is 1. The lowest BCUT2D eigenvalue weighted by Crippen LogP contribution is -2.43. The summed E-state index contributed by atoms with van der Waals surface area (Å²) in [5.41, 5.74) is 5.26. The van der Waals surface area contributed by atoms with Crippen LogP contribution in [0.25, 0.3) is 0 Å². The van der Waals surface area contributed by atoms with Crippen molar-refractivity contribution in [2.24, 2.45) is 5.73 Å². The maximum Gasteiger partial charge on any atom is 0.243 e. The molecule has 0 saturated carbocycles. The molecule has 1 saturated heterocycles. The van der Waals surface area contributed by atoms with Gasteiger partial charge in [-0.3, -0.25) is 4.79 Å². The Morgan fingerprint density at radius 2 is 2.05 bits per heavy atom. The number of ether oxygens (including phenoxy) is 2. The molecule has 3 rings (SSSR count). The fourth-order valence-corrected chi connectivity index (χ4v) is 4.17. The predicted molar refractivity (Wildman–Crippen MR) is 68.7 cm³/mol. The van der Waals surface area contributed by atoms with E-state index in [1.807, 2.05) is 0 Å². The predicted octanol–water partition coefficient (Wildman–Crippen LogP) is 0.0537. The molecule has 0 aromatic heterocycles. The molecule has 108 valence electrons. The second kappa shape index (κ2) is 4.64. The molecule has 1 fully saturated rings. The standard InChI is InChI=1S/C12H14N2O5S/c13-12(15)9-2-1-5-14(9)20(16,17)8-3-4-10-11(6-8)19-7-18-10/h3-4,6,9H,1-2,5,7H2,(H2,13,15)/t9-/m0/s1. The zero-order valence-corrected chi connectivity index (χ0v) is 11.4. The van der Waals surface area contributed by atoms with E-state index in [0.29, 0.717) is 30.9 Å². The number of amides is 1. The number of hydrogen-bond donors (Lipinski definition) is 1. The van der Waals surface area contributed by atoms with E-state index in [4.69, 9.17) is 15.2 Å². The van der Waals surface area contributed by atoms with Crippen LogP contribution in [0.1, 0.15) is 12.8 Å². The highest BCUT2D eigenvalue weighted by Crippen LogP contribution is 2.35. The molecular formula is C12H14N2O5S. The van der Waals surface area contributed by atoms with Crippen molar-refractivity contribution in [1.29, 1.82) is 0 Å². The number of rotatable bonds is 3. The van der Waals surface area contributed by atoms with Gasteiger partial charge in [0.25, 0.3) is 0 Å². The van der Waals surface area contributed by atoms with E-state index in [-0.39, 0.29) is 11.7 Å². The van der Waals surface area contributed by atoms with Gasteiger partial charge in [-0.25, -0.2) is 8.42 Å². The fourth-order valence-electron chi connectivity index (χ4n) is 2.48. The molecule has 1 aromatic rings. The van der Waals surface area contributed by atoms with Crippen molar-refractivity contribution >= 4 is 15.9 Å². The monoisotopic (exact) mass is 298 g/mol. The van der Waals surface area contributed by atoms with Crippen LogP contribution in [0.15, 0.2) is 23.1 Å². The number of hydrogen-bond acceptors (Lipinski definition) is 5. The van der Waals surface area contributed by atoms with Crippen molar-refractivity contribution in [3.05, 3.63) is 18.2 Å². The summed E-state index contributed by atoms with van der Waals surface area (Å²) in [5.74, 6) is 0.282. The molecule has 2 heterocycles. The molecule has 20 heavy (non-hydrogen) atoms. The number of primary amides is 1. The molecule has 1 aromatic carbocycles. The Kier molecular flexibility index (Phi) is 3.06. The zero-order chi connectivity index (χ0) is 14.3. The van der Waals surface area contributed by atoms with Crippen LogP contribution in [0.2, 0.25) is 0 Å². The minimum absolute atomic E-state index is 0.0759. The van der Waals surface area contributed by atoms with E-state index in [9.17, 15) is 13.2 Å². The normalized spacial score (nSPS) is 22.1. The van der Waals surface area contributed by atoms with Gasteiger partial charge >= 0.3 is 0 Å². The summed E-state index contributed by atoms with van der Waals surface area (Å²) in [6.45, 7) is 0.372. The summed E-state index contributed by atoms with van der Waals surface area (Å²) in [6.07, 6.45) is 1.08. The second-order valence-electron chi connectivity index (χ2n) is 4.69. The lowest BCUT2D eigenvalue weighted by atomic mass is 10.2. The largest absolute Gasteiger partial charge is 0.454 e. The quantitative estimate of drug-likeness (QED) is 0.850. The average Bonchev–Trinajstić information content (AvgIpc) is 3.06. The van der Waals surface area contributed by atoms with Gasteiger partial charge in [0.15, 0.2) is 11.5 Å². The molecule has 0 bridgehead atoms. The van der Waals surface area contributed by atoms with Gasteiger partial charge in [-0.2, -0.15) is 4.31 Å². The van der Waals surface area contributed by atoms with Crippen molar-refractivity contribution < 1.29 is 22.7 Å². The molecule has 0 spiro atoms. The first kappa shape index (κ1) is 13.2. The van der Waals surface area contributed by atoms with E-state index in [1.165, 1.54) is 12.1 Å². The second-order valence-corrected chi connectivity index (χ2v) is 6.58. The van der Waals surface area contributed by atoms with Crippen molar-refractivity contribution in [2.45, 2.75) is 23.8 Å². The lowest BCUT2D eigenvalue weighted by Gasteiger charge is -2.21. The Hall–Kier alpha value is -1.80. The van der Waals surface area contributed by atoms with Crippen LogP contribution in [0.3, 0.4) is 0 Å². The fraction of sp³-hybridized carbons (Fsp3) is 0.417. The van der Waals surface area contributed by atoms with Gasteiger partial charge in [0.2, 0.25) is 22.7 Å². The summed E-state index contributed by atoms with van der Waals surface area (Å²) < 4.78 is 36.6. The van der Waals surface area contributed by atoms with Gasteiger partial charge in [-0.05, 0) is 25.0 Å². The van der Waals surface area contributed by atoms with Crippen molar-refractivity contribution in [3.8, 4) is 11.5 Å². The number of carbonyl (C=O) groups is 1. The molecule has 1 amide bonds. The Labute approximate surface area is 116 Å². The van der Waals surface area contributed by atoms with Crippen LogP contribution < -0.4 is 15.2 Å². The molecule has 0 aliphatic carbocycles. The summed E-state index contributed by atoms with van der Waals surface area (Å²) in [4.78, 5) is 11.4. The van der Waals surface area contributed by atoms with Gasteiger partial charge in [-0.1, -0.05) is 0 Å². The Balaban J connectivity index is 1.97. The smallest absolute Gasteiger partial charge is 0.243 e. The molecule has 1 atom stereocenters. The highest BCUT2D eigenvalue weighted by atomic mass is 32.2. The number of fused-ring (bicyclic) bond motifs is 1. The first-order chi connectivity index (χ1) is 9.50. The minimum Gasteiger partial charge on any atom is -0.454 e. The third kappa shape index (κ3) is 2.01. The van der Waals surface area contributed by atoms with Crippen LogP contribution in [-0.4, -0.2) is 38.0 Å². The molecule has 8 heteroatoms. The maximum absolute atomic E-state index is 12.6. The lowest BCUT2D eigenvalue weighted by molar-refractivity contribution is -0.121. The number of sulfonamides is 1. The van der Waals surface area contributed by atoms with Crippen LogP contribution in [0.5, 0.6) is 11.5 Å². The van der Waals surface area contributed by atoms with Gasteiger partial charge in [0, 0.05) is 12.6 Å². The average molecular weight is 298 g/mol. The molecule has 0 radical (unpaired) electrons. The Morgan fingerprint density at radius 1 is 1.30 bits per heavy atom. The van der Waals surface area contributed by atoms with Crippen LogP contribution in [-0.2, 0) is 14.8 Å². The van der Waals surface area contributed by atoms with Crippen LogP contribution >= 0.6 is 0 Å². The van der Waals surface area contributed by atoms with E-state index in [2.05, 4.69) is 0 Å². The number of nitrogens with two attached hydrogens (primary N) is 1. The maximum atomic E-state index is 12.6. The Morgan fingerprint density at radius 3 is 2.80 bits per heavy atom. The van der Waals surface area contributed by atoms with Crippen LogP contribution in [0.4, 0.5) is 0 Å². The topological polar surface area (TPSA) is 98.9 Å². The molecule has 2 aliphatic heterocycles. The van der Waals surface area contributed by atoms with E-state index in [0.717, 1.165) is 4.31 Å². The highest BCUT2D eigenvalue weighted by Gasteiger charge is 2.38. The molecule has 7 nitrogen and oxygen atoms in total. The summed E-state index contributed by atoms with van der Waals surface area (Å²) in [5, 5.41) is 0. The Bertz CT molecular complexity index is 658. The number of carbonyl (C=O) groups excluding carboxylic acids is 1. The SMILES string of the molecule is NC(=O)[C@@H]1CCCN1S(=O)(=O)c1ccc2c(c1)OCO2. The van der Waals surface area contributed by atoms with Crippen LogP contribution in [0, 0.1) is 0 Å². The van der Waals surface area contributed by atoms with Crippen molar-refractivity contribution in [3.63, 3.8) is 0 Å². The molecule has 2 N–H and O–H groups in total. The van der Waals surface area contributed by atoms with E-state index in [1.54, 1.807) is 6.07 Å². The third-order valence-electron chi connectivity index (χ3n) is 3.48. The van der Waals surface area contributed by atoms with Crippen molar-refractivity contribution in [2.75, 3.05) is 13.3 Å². The highest BCUT2D eigenvalue weighted by molar-refractivity contribution is 7.89. The van der Waals surface area contributed by atoms with Gasteiger partial charge in [0.1, 0.15) is 6.04 Å². The first-order valence-corrected chi connectivity index (χ1v) is 7.65. The summed E-state index contributed by atoms with van der Waals surface area (Å²) in [7, 11) is -3.76. The number of nitrogens with zero attached hydrogens (tertiary/aromatic N) is 1. The van der Waals surface area contributed by atoms with Gasteiger partial charge in [0.05, 0.1) is 4.90 Å². The minimum atomic E-state index is -3.76. The van der Waals surface area contributed by atoms with Gasteiger partial charge < -0.3 is 15.2 Å². The van der Waals surface area contributed by atoms with Crippen molar-refractivity contribution in [1.82, 2.24) is 4.31 Å². The van der Waals surface area contributed by atoms with Gasteiger partial charge in [-0.15, -0.1) is 0 Å².